The number of halogens is 2. The lowest BCUT2D eigenvalue weighted by atomic mass is 10.1. The standard InChI is InChI=1S/C16H27N3O3.2ClH/c1-12(10-17-3)16(20)18-11-14(15-5-4-13(2)22-15)19-6-8-21-9-7-19;;/h4-5,12,14,17H,6-11H2,1-3H3,(H,18,20);2*1H. The van der Waals surface area contributed by atoms with E-state index in [1.807, 2.05) is 33.0 Å². The number of morpholine rings is 1. The highest BCUT2D eigenvalue weighted by molar-refractivity contribution is 5.85. The van der Waals surface area contributed by atoms with E-state index >= 15 is 0 Å². The summed E-state index contributed by atoms with van der Waals surface area (Å²) < 4.78 is 11.2. The van der Waals surface area contributed by atoms with Gasteiger partial charge in [0.05, 0.1) is 19.3 Å². The van der Waals surface area contributed by atoms with Crippen LogP contribution in [-0.4, -0.2) is 57.2 Å². The van der Waals surface area contributed by atoms with Crippen LogP contribution in [-0.2, 0) is 9.53 Å². The smallest absolute Gasteiger partial charge is 0.224 e. The number of nitrogens with one attached hydrogen (secondary N) is 2. The molecule has 2 rings (SSSR count). The minimum atomic E-state index is -0.0475. The van der Waals surface area contributed by atoms with Crippen molar-refractivity contribution in [2.75, 3.05) is 46.4 Å². The summed E-state index contributed by atoms with van der Waals surface area (Å²) in [6.07, 6.45) is 0. The Balaban J connectivity index is 0.00000264. The molecule has 0 saturated carbocycles. The highest BCUT2D eigenvalue weighted by Gasteiger charge is 2.26. The van der Waals surface area contributed by atoms with Crippen LogP contribution in [0.3, 0.4) is 0 Å². The van der Waals surface area contributed by atoms with Gasteiger partial charge in [-0.25, -0.2) is 0 Å². The fourth-order valence-electron chi connectivity index (χ4n) is 2.70. The molecule has 1 aromatic heterocycles. The van der Waals surface area contributed by atoms with Crippen molar-refractivity contribution >= 4 is 30.7 Å². The van der Waals surface area contributed by atoms with E-state index in [0.717, 1.165) is 37.8 Å². The van der Waals surface area contributed by atoms with E-state index in [1.54, 1.807) is 0 Å². The molecule has 0 aromatic carbocycles. The highest BCUT2D eigenvalue weighted by atomic mass is 35.5. The second-order valence-electron chi connectivity index (χ2n) is 5.82. The van der Waals surface area contributed by atoms with Gasteiger partial charge in [-0.3, -0.25) is 9.69 Å². The Hall–Kier alpha value is -0.790. The molecule has 8 heteroatoms. The van der Waals surface area contributed by atoms with Gasteiger partial charge in [0.25, 0.3) is 0 Å². The predicted octanol–water partition coefficient (Wildman–Crippen LogP) is 1.78. The van der Waals surface area contributed by atoms with Gasteiger partial charge >= 0.3 is 0 Å². The summed E-state index contributed by atoms with van der Waals surface area (Å²) in [6, 6.07) is 4.02. The summed E-state index contributed by atoms with van der Waals surface area (Å²) in [4.78, 5) is 14.4. The Kier molecular flexibility index (Phi) is 11.3. The lowest BCUT2D eigenvalue weighted by molar-refractivity contribution is -0.124. The van der Waals surface area contributed by atoms with E-state index in [0.29, 0.717) is 13.1 Å². The molecule has 6 nitrogen and oxygen atoms in total. The number of hydrogen-bond acceptors (Lipinski definition) is 5. The molecule has 140 valence electrons. The van der Waals surface area contributed by atoms with Crippen molar-refractivity contribution in [1.82, 2.24) is 15.5 Å². The van der Waals surface area contributed by atoms with Crippen molar-refractivity contribution in [3.05, 3.63) is 23.7 Å². The van der Waals surface area contributed by atoms with Crippen LogP contribution in [0, 0.1) is 12.8 Å². The molecule has 2 atom stereocenters. The Morgan fingerprint density at radius 1 is 1.25 bits per heavy atom. The molecule has 0 aliphatic carbocycles. The molecular formula is C16H29Cl2N3O3. The largest absolute Gasteiger partial charge is 0.465 e. The maximum absolute atomic E-state index is 12.1. The van der Waals surface area contributed by atoms with E-state index in [1.165, 1.54) is 0 Å². The molecule has 0 radical (unpaired) electrons. The summed E-state index contributed by atoms with van der Waals surface area (Å²) in [5.41, 5.74) is 0. The molecule has 1 aliphatic heterocycles. The van der Waals surface area contributed by atoms with Crippen molar-refractivity contribution in [3.63, 3.8) is 0 Å². The van der Waals surface area contributed by atoms with Crippen molar-refractivity contribution in [3.8, 4) is 0 Å². The summed E-state index contributed by atoms with van der Waals surface area (Å²) in [5, 5.41) is 6.08. The molecule has 1 aliphatic rings. The van der Waals surface area contributed by atoms with Crippen molar-refractivity contribution in [1.29, 1.82) is 0 Å². The number of nitrogens with zero attached hydrogens (tertiary/aromatic N) is 1. The molecule has 0 spiro atoms. The van der Waals surface area contributed by atoms with Crippen LogP contribution in [0.15, 0.2) is 16.5 Å². The van der Waals surface area contributed by atoms with Gasteiger partial charge in [0.2, 0.25) is 5.91 Å². The number of ether oxygens (including phenoxy) is 1. The number of amides is 1. The van der Waals surface area contributed by atoms with E-state index in [4.69, 9.17) is 9.15 Å². The van der Waals surface area contributed by atoms with Crippen LogP contribution < -0.4 is 10.6 Å². The molecule has 2 N–H and O–H groups in total. The Morgan fingerprint density at radius 3 is 2.46 bits per heavy atom. The third-order valence-corrected chi connectivity index (χ3v) is 4.00. The van der Waals surface area contributed by atoms with E-state index in [2.05, 4.69) is 15.5 Å². The van der Waals surface area contributed by atoms with Gasteiger partial charge < -0.3 is 19.8 Å². The third-order valence-electron chi connectivity index (χ3n) is 4.00. The topological polar surface area (TPSA) is 66.7 Å². The van der Waals surface area contributed by atoms with Gasteiger partial charge in [-0.2, -0.15) is 0 Å². The number of carbonyl (C=O) groups excluding carboxylic acids is 1. The molecule has 1 aromatic rings. The predicted molar refractivity (Wildman–Crippen MR) is 99.2 cm³/mol. The first-order valence-corrected chi connectivity index (χ1v) is 7.92. The van der Waals surface area contributed by atoms with Gasteiger partial charge in [0.1, 0.15) is 11.5 Å². The van der Waals surface area contributed by atoms with Gasteiger partial charge in [0, 0.05) is 32.1 Å². The zero-order valence-corrected chi connectivity index (χ0v) is 16.2. The lowest BCUT2D eigenvalue weighted by Crippen LogP contribution is -2.45. The molecular weight excluding hydrogens is 353 g/mol. The second kappa shape index (κ2) is 11.7. The summed E-state index contributed by atoms with van der Waals surface area (Å²) in [5.74, 6) is 1.81. The molecule has 0 bridgehead atoms. The number of carbonyl (C=O) groups is 1. The zero-order valence-electron chi connectivity index (χ0n) is 14.5. The zero-order chi connectivity index (χ0) is 15.9. The summed E-state index contributed by atoms with van der Waals surface area (Å²) in [7, 11) is 1.85. The van der Waals surface area contributed by atoms with E-state index in [-0.39, 0.29) is 42.7 Å². The molecule has 24 heavy (non-hydrogen) atoms. The Labute approximate surface area is 156 Å². The van der Waals surface area contributed by atoms with E-state index < -0.39 is 0 Å². The van der Waals surface area contributed by atoms with Crippen LogP contribution in [0.4, 0.5) is 0 Å². The number of furan rings is 1. The first-order chi connectivity index (χ1) is 10.6. The van der Waals surface area contributed by atoms with Crippen LogP contribution in [0.2, 0.25) is 0 Å². The maximum atomic E-state index is 12.1. The number of aryl methyl sites for hydroxylation is 1. The average molecular weight is 382 g/mol. The van der Waals surface area contributed by atoms with Gasteiger partial charge in [0.15, 0.2) is 0 Å². The Morgan fingerprint density at radius 2 is 1.92 bits per heavy atom. The third kappa shape index (κ3) is 6.61. The van der Waals surface area contributed by atoms with Crippen LogP contribution >= 0.6 is 24.8 Å². The van der Waals surface area contributed by atoms with E-state index in [9.17, 15) is 4.79 Å². The maximum Gasteiger partial charge on any atom is 0.224 e. The number of rotatable bonds is 7. The second-order valence-corrected chi connectivity index (χ2v) is 5.82. The molecule has 2 heterocycles. The SMILES string of the molecule is CNCC(C)C(=O)NCC(c1ccc(C)o1)N1CCOCC1.Cl.Cl. The highest BCUT2D eigenvalue weighted by Crippen LogP contribution is 2.23. The fraction of sp³-hybridized carbons (Fsp3) is 0.688. The van der Waals surface area contributed by atoms with Gasteiger partial charge in [-0.15, -0.1) is 24.8 Å². The normalized spacial score (nSPS) is 17.3. The molecule has 1 fully saturated rings. The van der Waals surface area contributed by atoms with Crippen molar-refractivity contribution in [2.45, 2.75) is 19.9 Å². The van der Waals surface area contributed by atoms with Crippen LogP contribution in [0.25, 0.3) is 0 Å². The molecule has 2 unspecified atom stereocenters. The quantitative estimate of drug-likeness (QED) is 0.753. The molecule has 1 amide bonds. The monoisotopic (exact) mass is 381 g/mol. The van der Waals surface area contributed by atoms with Crippen LogP contribution in [0.5, 0.6) is 0 Å². The van der Waals surface area contributed by atoms with Gasteiger partial charge in [-0.05, 0) is 26.1 Å². The molecule has 1 saturated heterocycles. The summed E-state index contributed by atoms with van der Waals surface area (Å²) >= 11 is 0. The Bertz CT molecular complexity index is 479. The van der Waals surface area contributed by atoms with Crippen molar-refractivity contribution in [2.24, 2.45) is 5.92 Å². The summed E-state index contributed by atoms with van der Waals surface area (Å²) in [6.45, 7) is 8.24. The van der Waals surface area contributed by atoms with Gasteiger partial charge in [-0.1, -0.05) is 6.92 Å². The number of hydrogen-bond donors (Lipinski definition) is 2. The minimum absolute atomic E-state index is 0. The lowest BCUT2D eigenvalue weighted by Gasteiger charge is -2.33. The first kappa shape index (κ1) is 23.2. The van der Waals surface area contributed by atoms with Crippen LogP contribution in [0.1, 0.15) is 24.5 Å². The van der Waals surface area contributed by atoms with Crippen molar-refractivity contribution < 1.29 is 13.9 Å². The first-order valence-electron chi connectivity index (χ1n) is 7.92. The minimum Gasteiger partial charge on any atom is -0.465 e. The fourth-order valence-corrected chi connectivity index (χ4v) is 2.70. The average Bonchev–Trinajstić information content (AvgIpc) is 2.95.